The number of oxime groups is 1. The van der Waals surface area contributed by atoms with Crippen LogP contribution in [0.15, 0.2) is 71.4 Å². The maximum atomic E-state index is 13.1. The third-order valence-corrected chi connectivity index (χ3v) is 6.01. The van der Waals surface area contributed by atoms with Crippen molar-refractivity contribution < 1.29 is 14.4 Å². The van der Waals surface area contributed by atoms with Crippen molar-refractivity contribution in [3.63, 3.8) is 0 Å². The van der Waals surface area contributed by atoms with E-state index in [-0.39, 0.29) is 11.9 Å². The normalized spacial score (nSPS) is 18.1. The van der Waals surface area contributed by atoms with E-state index >= 15 is 0 Å². The van der Waals surface area contributed by atoms with E-state index in [1.54, 1.807) is 7.11 Å². The maximum Gasteiger partial charge on any atom is 0.257 e. The SMILES string of the molecule is CCCCC(CCON=C(C)C=C1C(=O)N(c2ccc(OC)cc2)C1c1ccccc1)NCC. The number of ether oxygens (including phenoxy) is 1. The van der Waals surface area contributed by atoms with Crippen molar-refractivity contribution in [3.05, 3.63) is 71.8 Å². The third kappa shape index (κ3) is 6.48. The topological polar surface area (TPSA) is 63.2 Å². The Labute approximate surface area is 203 Å². The zero-order valence-corrected chi connectivity index (χ0v) is 20.8. The van der Waals surface area contributed by atoms with Crippen LogP contribution in [-0.4, -0.2) is 37.9 Å². The predicted octanol–water partition coefficient (Wildman–Crippen LogP) is 5.66. The molecule has 1 saturated heterocycles. The van der Waals surface area contributed by atoms with Crippen LogP contribution in [-0.2, 0) is 9.63 Å². The van der Waals surface area contributed by atoms with Gasteiger partial charge in [-0.15, -0.1) is 0 Å². The molecule has 34 heavy (non-hydrogen) atoms. The second-order valence-corrected chi connectivity index (χ2v) is 8.54. The number of unbranched alkanes of at least 4 members (excludes halogenated alkanes) is 1. The Morgan fingerprint density at radius 3 is 2.50 bits per heavy atom. The van der Waals surface area contributed by atoms with Crippen LogP contribution in [0.3, 0.4) is 0 Å². The van der Waals surface area contributed by atoms with Gasteiger partial charge in [0.1, 0.15) is 12.4 Å². The van der Waals surface area contributed by atoms with Crippen molar-refractivity contribution in [1.29, 1.82) is 0 Å². The number of carbonyl (C=O) groups excluding carboxylic acids is 1. The first-order valence-corrected chi connectivity index (χ1v) is 12.2. The lowest BCUT2D eigenvalue weighted by Crippen LogP contribution is -2.49. The second kappa shape index (κ2) is 12.9. The number of β-lactam (4-membered cyclic amide) rings is 1. The number of amides is 1. The average Bonchev–Trinajstić information content (AvgIpc) is 2.87. The first kappa shape index (κ1) is 25.5. The summed E-state index contributed by atoms with van der Waals surface area (Å²) in [5.74, 6) is 0.732. The summed E-state index contributed by atoms with van der Waals surface area (Å²) in [5, 5.41) is 7.78. The number of nitrogens with one attached hydrogen (secondary N) is 1. The number of nitrogens with zero attached hydrogens (tertiary/aromatic N) is 2. The highest BCUT2D eigenvalue weighted by Gasteiger charge is 2.43. The number of methoxy groups -OCH3 is 1. The molecule has 0 aliphatic carbocycles. The molecule has 2 aromatic carbocycles. The zero-order valence-electron chi connectivity index (χ0n) is 20.8. The number of hydrogen-bond donors (Lipinski definition) is 1. The lowest BCUT2D eigenvalue weighted by Gasteiger charge is -2.43. The van der Waals surface area contributed by atoms with E-state index in [9.17, 15) is 4.79 Å². The highest BCUT2D eigenvalue weighted by molar-refractivity contribution is 6.18. The zero-order chi connectivity index (χ0) is 24.3. The van der Waals surface area contributed by atoms with Gasteiger partial charge < -0.3 is 14.9 Å². The Morgan fingerprint density at radius 1 is 1.12 bits per heavy atom. The lowest BCUT2D eigenvalue weighted by atomic mass is 9.86. The molecule has 2 atom stereocenters. The molecule has 1 fully saturated rings. The van der Waals surface area contributed by atoms with Gasteiger partial charge in [-0.1, -0.05) is 62.2 Å². The fourth-order valence-electron chi connectivity index (χ4n) is 4.24. The first-order valence-electron chi connectivity index (χ1n) is 12.2. The fraction of sp³-hybridized carbons (Fsp3) is 0.429. The smallest absolute Gasteiger partial charge is 0.257 e. The third-order valence-electron chi connectivity index (χ3n) is 6.01. The molecule has 1 aliphatic heterocycles. The summed E-state index contributed by atoms with van der Waals surface area (Å²) in [5.41, 5.74) is 3.29. The van der Waals surface area contributed by atoms with Crippen molar-refractivity contribution >= 4 is 17.3 Å². The molecule has 1 heterocycles. The van der Waals surface area contributed by atoms with Crippen LogP contribution < -0.4 is 15.0 Å². The van der Waals surface area contributed by atoms with Crippen LogP contribution in [0.4, 0.5) is 5.69 Å². The standard InChI is InChI=1S/C28H37N3O3/c1-5-7-13-23(29-6-2)18-19-34-30-21(3)20-26-27(22-11-9-8-10-12-22)31(28(26)32)24-14-16-25(33-4)17-15-24/h8-12,14-17,20,23,27,29H,5-7,13,18-19H2,1-4H3. The summed E-state index contributed by atoms with van der Waals surface area (Å²) in [6.07, 6.45) is 6.31. The minimum absolute atomic E-state index is 0.0275. The number of carbonyl (C=O) groups is 1. The van der Waals surface area contributed by atoms with E-state index in [1.165, 1.54) is 12.8 Å². The van der Waals surface area contributed by atoms with Crippen LogP contribution >= 0.6 is 0 Å². The van der Waals surface area contributed by atoms with Gasteiger partial charge in [0.25, 0.3) is 5.91 Å². The highest BCUT2D eigenvalue weighted by Crippen LogP contribution is 2.43. The molecule has 0 saturated carbocycles. The van der Waals surface area contributed by atoms with E-state index in [0.717, 1.165) is 36.4 Å². The molecule has 6 heteroatoms. The maximum absolute atomic E-state index is 13.1. The molecule has 0 aromatic heterocycles. The molecular formula is C28H37N3O3. The van der Waals surface area contributed by atoms with E-state index < -0.39 is 0 Å². The Bertz CT molecular complexity index is 970. The highest BCUT2D eigenvalue weighted by atomic mass is 16.6. The monoisotopic (exact) mass is 463 g/mol. The van der Waals surface area contributed by atoms with Crippen molar-refractivity contribution in [2.24, 2.45) is 5.16 Å². The largest absolute Gasteiger partial charge is 0.497 e. The van der Waals surface area contributed by atoms with Crippen molar-refractivity contribution in [1.82, 2.24) is 5.32 Å². The molecule has 182 valence electrons. The Balaban J connectivity index is 1.70. The van der Waals surface area contributed by atoms with Crippen molar-refractivity contribution in [3.8, 4) is 5.75 Å². The Morgan fingerprint density at radius 2 is 1.85 bits per heavy atom. The van der Waals surface area contributed by atoms with E-state index in [4.69, 9.17) is 9.57 Å². The number of allylic oxidation sites excluding steroid dienone is 1. The molecule has 0 bridgehead atoms. The van der Waals surface area contributed by atoms with Gasteiger partial charge in [-0.25, -0.2) is 0 Å². The van der Waals surface area contributed by atoms with Gasteiger partial charge in [-0.2, -0.15) is 0 Å². The number of benzene rings is 2. The molecule has 0 radical (unpaired) electrons. The molecule has 1 amide bonds. The fourth-order valence-corrected chi connectivity index (χ4v) is 4.24. The molecule has 2 aromatic rings. The van der Waals surface area contributed by atoms with E-state index in [1.807, 2.05) is 72.5 Å². The predicted molar refractivity (Wildman–Crippen MR) is 138 cm³/mol. The van der Waals surface area contributed by atoms with Crippen LogP contribution in [0.2, 0.25) is 0 Å². The van der Waals surface area contributed by atoms with Gasteiger partial charge in [0.15, 0.2) is 0 Å². The van der Waals surface area contributed by atoms with E-state index in [2.05, 4.69) is 24.3 Å². The van der Waals surface area contributed by atoms with Crippen molar-refractivity contribution in [2.45, 2.75) is 58.5 Å². The number of rotatable bonds is 13. The molecule has 1 aliphatic rings. The van der Waals surface area contributed by atoms with Crippen LogP contribution in [0.5, 0.6) is 5.75 Å². The molecule has 3 rings (SSSR count). The van der Waals surface area contributed by atoms with Gasteiger partial charge in [-0.3, -0.25) is 9.69 Å². The first-order chi connectivity index (χ1) is 16.6. The average molecular weight is 464 g/mol. The summed E-state index contributed by atoms with van der Waals surface area (Å²) >= 11 is 0. The molecule has 6 nitrogen and oxygen atoms in total. The van der Waals surface area contributed by atoms with Gasteiger partial charge in [-0.05, 0) is 62.2 Å². The number of hydrogen-bond acceptors (Lipinski definition) is 5. The summed E-state index contributed by atoms with van der Waals surface area (Å²) in [7, 11) is 1.63. The second-order valence-electron chi connectivity index (χ2n) is 8.54. The summed E-state index contributed by atoms with van der Waals surface area (Å²) in [6, 6.07) is 17.9. The van der Waals surface area contributed by atoms with E-state index in [0.29, 0.717) is 23.9 Å². The molecule has 0 spiro atoms. The van der Waals surface area contributed by atoms with Crippen molar-refractivity contribution in [2.75, 3.05) is 25.2 Å². The lowest BCUT2D eigenvalue weighted by molar-refractivity contribution is -0.119. The Hall–Kier alpha value is -3.12. The summed E-state index contributed by atoms with van der Waals surface area (Å²) < 4.78 is 5.26. The van der Waals surface area contributed by atoms with Crippen LogP contribution in [0.25, 0.3) is 0 Å². The Kier molecular flexibility index (Phi) is 9.71. The summed E-state index contributed by atoms with van der Waals surface area (Å²) in [6.45, 7) is 7.72. The van der Waals surface area contributed by atoms with Gasteiger partial charge in [0.2, 0.25) is 0 Å². The van der Waals surface area contributed by atoms with Crippen LogP contribution in [0.1, 0.15) is 58.1 Å². The van der Waals surface area contributed by atoms with Gasteiger partial charge >= 0.3 is 0 Å². The minimum atomic E-state index is -0.167. The molecule has 2 unspecified atom stereocenters. The quantitative estimate of drug-likeness (QED) is 0.137. The van der Waals surface area contributed by atoms with Gasteiger partial charge in [0.05, 0.1) is 18.9 Å². The van der Waals surface area contributed by atoms with Gasteiger partial charge in [0, 0.05) is 17.3 Å². The summed E-state index contributed by atoms with van der Waals surface area (Å²) in [4.78, 5) is 20.6. The number of anilines is 1. The minimum Gasteiger partial charge on any atom is -0.497 e. The molecular weight excluding hydrogens is 426 g/mol. The molecule has 1 N–H and O–H groups in total. The van der Waals surface area contributed by atoms with Crippen LogP contribution in [0, 0.1) is 0 Å².